The number of aryl methyl sites for hydroxylation is 1. The van der Waals surface area contributed by atoms with E-state index in [2.05, 4.69) is 15.3 Å². The summed E-state index contributed by atoms with van der Waals surface area (Å²) in [5, 5.41) is 3.61. The number of carbonyl (C=O) groups excluding carboxylic acids is 2. The van der Waals surface area contributed by atoms with Crippen LogP contribution in [0.25, 0.3) is 11.6 Å². The van der Waals surface area contributed by atoms with E-state index < -0.39 is 0 Å². The Bertz CT molecular complexity index is 784. The molecule has 1 fully saturated rings. The van der Waals surface area contributed by atoms with E-state index in [1.807, 2.05) is 0 Å². The van der Waals surface area contributed by atoms with Crippen LogP contribution in [0.2, 0.25) is 0 Å². The quantitative estimate of drug-likeness (QED) is 0.471. The number of furan rings is 1. The standard InChI is InChI=1S/C19H23N3O3S/c1-12-17(13(2)23)19(22-18(20-12)15-9-6-10-25-15)26-11-16(24)21-14-7-4-3-5-8-14/h6,9-10,14H,3-5,7-8,11H2,1-2H3,(H,21,24). The predicted octanol–water partition coefficient (Wildman–Crippen LogP) is 3.79. The smallest absolute Gasteiger partial charge is 0.230 e. The van der Waals surface area contributed by atoms with Gasteiger partial charge in [0, 0.05) is 6.04 Å². The zero-order valence-electron chi connectivity index (χ0n) is 15.1. The molecule has 3 rings (SSSR count). The molecule has 2 heterocycles. The second-order valence-electron chi connectivity index (χ2n) is 6.54. The predicted molar refractivity (Wildman–Crippen MR) is 100 cm³/mol. The van der Waals surface area contributed by atoms with Crippen molar-refractivity contribution in [2.24, 2.45) is 0 Å². The Balaban J connectivity index is 1.74. The van der Waals surface area contributed by atoms with Gasteiger partial charge in [0.25, 0.3) is 0 Å². The van der Waals surface area contributed by atoms with Crippen molar-refractivity contribution in [2.45, 2.75) is 57.0 Å². The Morgan fingerprint density at radius 3 is 2.69 bits per heavy atom. The molecule has 0 aromatic carbocycles. The summed E-state index contributed by atoms with van der Waals surface area (Å²) in [5.41, 5.74) is 1.06. The van der Waals surface area contributed by atoms with Gasteiger partial charge < -0.3 is 9.73 Å². The van der Waals surface area contributed by atoms with Crippen molar-refractivity contribution in [2.75, 3.05) is 5.75 Å². The normalized spacial score (nSPS) is 15.0. The molecular weight excluding hydrogens is 350 g/mol. The lowest BCUT2D eigenvalue weighted by Crippen LogP contribution is -2.37. The molecular formula is C19H23N3O3S. The Kier molecular flexibility index (Phi) is 6.08. The van der Waals surface area contributed by atoms with Crippen LogP contribution < -0.4 is 5.32 Å². The summed E-state index contributed by atoms with van der Waals surface area (Å²) in [6, 6.07) is 3.80. The summed E-state index contributed by atoms with van der Waals surface area (Å²) in [6.07, 6.45) is 7.24. The van der Waals surface area contributed by atoms with E-state index in [0.29, 0.717) is 27.9 Å². The maximum Gasteiger partial charge on any atom is 0.230 e. The van der Waals surface area contributed by atoms with Crippen molar-refractivity contribution in [1.29, 1.82) is 0 Å². The maximum atomic E-state index is 12.3. The van der Waals surface area contributed by atoms with Crippen LogP contribution in [-0.4, -0.2) is 33.5 Å². The molecule has 2 aromatic heterocycles. The zero-order chi connectivity index (χ0) is 18.5. The van der Waals surface area contributed by atoms with E-state index in [-0.39, 0.29) is 23.5 Å². The van der Waals surface area contributed by atoms with E-state index in [1.54, 1.807) is 25.3 Å². The van der Waals surface area contributed by atoms with Gasteiger partial charge >= 0.3 is 0 Å². The average Bonchev–Trinajstić information content (AvgIpc) is 3.14. The molecule has 1 aliphatic rings. The van der Waals surface area contributed by atoms with Gasteiger partial charge in [-0.1, -0.05) is 31.0 Å². The largest absolute Gasteiger partial charge is 0.461 e. The second-order valence-corrected chi connectivity index (χ2v) is 7.50. The SMILES string of the molecule is CC(=O)c1c(C)nc(-c2ccco2)nc1SCC(=O)NC1CCCCC1. The summed E-state index contributed by atoms with van der Waals surface area (Å²) in [7, 11) is 0. The van der Waals surface area contributed by atoms with Crippen LogP contribution in [0.1, 0.15) is 55.1 Å². The Morgan fingerprint density at radius 2 is 2.04 bits per heavy atom. The lowest BCUT2D eigenvalue weighted by Gasteiger charge is -2.22. The number of Topliss-reactive ketones (excluding diaryl/α,β-unsaturated/α-hetero) is 1. The molecule has 138 valence electrons. The molecule has 1 aliphatic carbocycles. The highest BCUT2D eigenvalue weighted by Crippen LogP contribution is 2.27. The second kappa shape index (κ2) is 8.49. The number of aromatic nitrogens is 2. The van der Waals surface area contributed by atoms with Crippen molar-refractivity contribution in [3.63, 3.8) is 0 Å². The molecule has 0 bridgehead atoms. The highest BCUT2D eigenvalue weighted by Gasteiger charge is 2.20. The summed E-state index contributed by atoms with van der Waals surface area (Å²) in [6.45, 7) is 3.27. The third-order valence-electron chi connectivity index (χ3n) is 4.46. The van der Waals surface area contributed by atoms with Crippen molar-refractivity contribution < 1.29 is 14.0 Å². The Hall–Kier alpha value is -2.15. The number of rotatable bonds is 6. The van der Waals surface area contributed by atoms with Gasteiger partial charge in [-0.15, -0.1) is 0 Å². The first kappa shape index (κ1) is 18.6. The molecule has 1 N–H and O–H groups in total. The summed E-state index contributed by atoms with van der Waals surface area (Å²) in [4.78, 5) is 33.2. The van der Waals surface area contributed by atoms with Crippen molar-refractivity contribution >= 4 is 23.5 Å². The van der Waals surface area contributed by atoms with E-state index in [9.17, 15) is 9.59 Å². The zero-order valence-corrected chi connectivity index (χ0v) is 15.9. The molecule has 0 atom stereocenters. The van der Waals surface area contributed by atoms with Crippen molar-refractivity contribution in [3.8, 4) is 11.6 Å². The molecule has 2 aromatic rings. The van der Waals surface area contributed by atoms with Gasteiger partial charge in [-0.2, -0.15) is 0 Å². The van der Waals surface area contributed by atoms with Crippen LogP contribution in [0, 0.1) is 6.92 Å². The summed E-state index contributed by atoms with van der Waals surface area (Å²) >= 11 is 1.27. The van der Waals surface area contributed by atoms with Crippen LogP contribution in [0.15, 0.2) is 27.8 Å². The summed E-state index contributed by atoms with van der Waals surface area (Å²) < 4.78 is 5.36. The van der Waals surface area contributed by atoms with Gasteiger partial charge in [0.15, 0.2) is 17.4 Å². The van der Waals surface area contributed by atoms with Gasteiger partial charge in [-0.05, 0) is 38.8 Å². The van der Waals surface area contributed by atoms with E-state index in [0.717, 1.165) is 12.8 Å². The van der Waals surface area contributed by atoms with Crippen LogP contribution in [0.4, 0.5) is 0 Å². The van der Waals surface area contributed by atoms with Gasteiger partial charge in [0.05, 0.1) is 23.3 Å². The third-order valence-corrected chi connectivity index (χ3v) is 5.44. The van der Waals surface area contributed by atoms with Gasteiger partial charge in [0.2, 0.25) is 5.91 Å². The van der Waals surface area contributed by atoms with Gasteiger partial charge in [0.1, 0.15) is 5.03 Å². The minimum absolute atomic E-state index is 0.0211. The maximum absolute atomic E-state index is 12.3. The number of hydrogen-bond donors (Lipinski definition) is 1. The van der Waals surface area contributed by atoms with Gasteiger partial charge in [-0.25, -0.2) is 9.97 Å². The Morgan fingerprint density at radius 1 is 1.27 bits per heavy atom. The Labute approximate surface area is 157 Å². The molecule has 0 unspecified atom stereocenters. The minimum Gasteiger partial charge on any atom is -0.461 e. The molecule has 1 amide bonds. The lowest BCUT2D eigenvalue weighted by molar-refractivity contribution is -0.119. The monoisotopic (exact) mass is 373 g/mol. The van der Waals surface area contributed by atoms with Crippen LogP contribution in [-0.2, 0) is 4.79 Å². The van der Waals surface area contributed by atoms with Crippen LogP contribution >= 0.6 is 11.8 Å². The van der Waals surface area contributed by atoms with E-state index in [1.165, 1.54) is 37.9 Å². The number of nitrogens with one attached hydrogen (secondary N) is 1. The molecule has 0 saturated heterocycles. The van der Waals surface area contributed by atoms with Crippen LogP contribution in [0.3, 0.4) is 0 Å². The third kappa shape index (κ3) is 4.52. The van der Waals surface area contributed by atoms with Gasteiger partial charge in [-0.3, -0.25) is 9.59 Å². The first-order valence-electron chi connectivity index (χ1n) is 8.90. The highest BCUT2D eigenvalue weighted by atomic mass is 32.2. The molecule has 0 spiro atoms. The molecule has 6 nitrogen and oxygen atoms in total. The fourth-order valence-corrected chi connectivity index (χ4v) is 4.16. The number of hydrogen-bond acceptors (Lipinski definition) is 6. The number of ketones is 1. The fourth-order valence-electron chi connectivity index (χ4n) is 3.22. The number of carbonyl (C=O) groups is 2. The van der Waals surface area contributed by atoms with Crippen LogP contribution in [0.5, 0.6) is 0 Å². The lowest BCUT2D eigenvalue weighted by atomic mass is 9.95. The molecule has 26 heavy (non-hydrogen) atoms. The average molecular weight is 373 g/mol. The topological polar surface area (TPSA) is 85.1 Å². The van der Waals surface area contributed by atoms with E-state index >= 15 is 0 Å². The number of amides is 1. The number of nitrogens with zero attached hydrogens (tertiary/aromatic N) is 2. The molecule has 0 radical (unpaired) electrons. The minimum atomic E-state index is -0.108. The summed E-state index contributed by atoms with van der Waals surface area (Å²) in [5.74, 6) is 1.06. The highest BCUT2D eigenvalue weighted by molar-refractivity contribution is 8.00. The number of thioether (sulfide) groups is 1. The fraction of sp³-hybridized carbons (Fsp3) is 0.474. The van der Waals surface area contributed by atoms with Crippen molar-refractivity contribution in [3.05, 3.63) is 29.7 Å². The molecule has 0 aliphatic heterocycles. The molecule has 1 saturated carbocycles. The van der Waals surface area contributed by atoms with E-state index in [4.69, 9.17) is 4.42 Å². The first-order chi connectivity index (χ1) is 12.5. The first-order valence-corrected chi connectivity index (χ1v) is 9.88. The molecule has 7 heteroatoms. The van der Waals surface area contributed by atoms with Crippen molar-refractivity contribution in [1.82, 2.24) is 15.3 Å².